The van der Waals surface area contributed by atoms with E-state index in [1.54, 1.807) is 12.3 Å². The molecule has 0 aliphatic heterocycles. The fourth-order valence-electron chi connectivity index (χ4n) is 1.71. The van der Waals surface area contributed by atoms with Crippen molar-refractivity contribution in [3.05, 3.63) is 47.0 Å². The highest BCUT2D eigenvalue weighted by Gasteiger charge is 2.08. The van der Waals surface area contributed by atoms with Gasteiger partial charge in [-0.1, -0.05) is 24.6 Å². The number of nitrogens with zero attached hydrogens (tertiary/aromatic N) is 2. The first-order chi connectivity index (χ1) is 7.76. The van der Waals surface area contributed by atoms with Crippen LogP contribution in [0.2, 0.25) is 5.02 Å². The van der Waals surface area contributed by atoms with Gasteiger partial charge >= 0.3 is 0 Å². The van der Waals surface area contributed by atoms with Gasteiger partial charge in [0.15, 0.2) is 0 Å². The van der Waals surface area contributed by atoms with Crippen molar-refractivity contribution in [2.24, 2.45) is 0 Å². The lowest BCUT2D eigenvalue weighted by Gasteiger charge is -2.11. The Labute approximate surface area is 99.3 Å². The summed E-state index contributed by atoms with van der Waals surface area (Å²) in [6.45, 7) is 2.04. The van der Waals surface area contributed by atoms with Crippen LogP contribution in [0.4, 0.5) is 0 Å². The Hall–Kier alpha value is -1.32. The summed E-state index contributed by atoms with van der Waals surface area (Å²) in [7, 11) is 0. The molecular formula is C12H13ClN2O. The molecule has 0 radical (unpaired) electrons. The second kappa shape index (κ2) is 4.68. The zero-order chi connectivity index (χ0) is 11.5. The Kier molecular flexibility index (Phi) is 3.27. The Bertz CT molecular complexity index is 494. The van der Waals surface area contributed by atoms with Crippen LogP contribution >= 0.6 is 11.6 Å². The molecule has 0 fully saturated rings. The Morgan fingerprint density at radius 1 is 1.44 bits per heavy atom. The van der Waals surface area contributed by atoms with Crippen molar-refractivity contribution in [2.75, 3.05) is 0 Å². The molecule has 16 heavy (non-hydrogen) atoms. The van der Waals surface area contributed by atoms with Crippen molar-refractivity contribution < 1.29 is 5.11 Å². The lowest BCUT2D eigenvalue weighted by atomic mass is 10.2. The Morgan fingerprint density at radius 2 is 2.25 bits per heavy atom. The molecule has 0 unspecified atom stereocenters. The largest absolute Gasteiger partial charge is 0.392 e. The first-order valence-electron chi connectivity index (χ1n) is 5.18. The number of aliphatic hydroxyl groups excluding tert-OH is 1. The van der Waals surface area contributed by atoms with Gasteiger partial charge < -0.3 is 9.67 Å². The van der Waals surface area contributed by atoms with Gasteiger partial charge in [0.25, 0.3) is 0 Å². The third-order valence-electron chi connectivity index (χ3n) is 2.51. The third-order valence-corrected chi connectivity index (χ3v) is 2.75. The van der Waals surface area contributed by atoms with Crippen LogP contribution in [0.15, 0.2) is 30.6 Å². The summed E-state index contributed by atoms with van der Waals surface area (Å²) in [6.07, 6.45) is 4.47. The molecule has 1 N–H and O–H groups in total. The van der Waals surface area contributed by atoms with Gasteiger partial charge in [-0.05, 0) is 12.1 Å². The van der Waals surface area contributed by atoms with E-state index in [9.17, 15) is 5.11 Å². The van der Waals surface area contributed by atoms with E-state index in [1.807, 2.05) is 29.8 Å². The average molecular weight is 237 g/mol. The highest BCUT2D eigenvalue weighted by molar-refractivity contribution is 6.30. The molecule has 0 atom stereocenters. The number of halogens is 1. The number of hydrogen-bond acceptors (Lipinski definition) is 2. The molecule has 0 saturated heterocycles. The highest BCUT2D eigenvalue weighted by atomic mass is 35.5. The van der Waals surface area contributed by atoms with Crippen LogP contribution in [0.3, 0.4) is 0 Å². The van der Waals surface area contributed by atoms with Crippen molar-refractivity contribution in [2.45, 2.75) is 20.0 Å². The SMILES string of the molecule is CCc1nccn1-c1cc(Cl)ccc1CO. The maximum atomic E-state index is 9.29. The second-order valence-electron chi connectivity index (χ2n) is 3.50. The number of aryl methyl sites for hydroxylation is 1. The first kappa shape index (κ1) is 11.2. The van der Waals surface area contributed by atoms with E-state index in [0.717, 1.165) is 23.5 Å². The van der Waals surface area contributed by atoms with Crippen LogP contribution in [0.5, 0.6) is 0 Å². The number of aliphatic hydroxyl groups is 1. The van der Waals surface area contributed by atoms with Gasteiger partial charge in [0.2, 0.25) is 0 Å². The lowest BCUT2D eigenvalue weighted by Crippen LogP contribution is -2.03. The minimum Gasteiger partial charge on any atom is -0.392 e. The normalized spacial score (nSPS) is 10.7. The van der Waals surface area contributed by atoms with Crippen molar-refractivity contribution >= 4 is 11.6 Å². The van der Waals surface area contributed by atoms with Gasteiger partial charge in [0.1, 0.15) is 5.82 Å². The van der Waals surface area contributed by atoms with E-state index >= 15 is 0 Å². The van der Waals surface area contributed by atoms with Crippen molar-refractivity contribution in [3.8, 4) is 5.69 Å². The molecule has 0 aliphatic carbocycles. The number of aromatic nitrogens is 2. The van der Waals surface area contributed by atoms with Gasteiger partial charge in [-0.2, -0.15) is 0 Å². The summed E-state index contributed by atoms with van der Waals surface area (Å²) in [6, 6.07) is 5.45. The summed E-state index contributed by atoms with van der Waals surface area (Å²) in [5, 5.41) is 9.95. The second-order valence-corrected chi connectivity index (χ2v) is 3.93. The minimum atomic E-state index is -0.00611. The number of hydrogen-bond donors (Lipinski definition) is 1. The van der Waals surface area contributed by atoms with E-state index < -0.39 is 0 Å². The molecular weight excluding hydrogens is 224 g/mol. The van der Waals surface area contributed by atoms with Crippen LogP contribution in [0.1, 0.15) is 18.3 Å². The van der Waals surface area contributed by atoms with E-state index in [-0.39, 0.29) is 6.61 Å². The van der Waals surface area contributed by atoms with Gasteiger partial charge in [-0.15, -0.1) is 0 Å². The zero-order valence-electron chi connectivity index (χ0n) is 9.02. The van der Waals surface area contributed by atoms with Crippen LogP contribution < -0.4 is 0 Å². The lowest BCUT2D eigenvalue weighted by molar-refractivity contribution is 0.281. The van der Waals surface area contributed by atoms with Gasteiger partial charge in [-0.3, -0.25) is 0 Å². The average Bonchev–Trinajstić information content (AvgIpc) is 2.76. The zero-order valence-corrected chi connectivity index (χ0v) is 9.78. The molecule has 1 aromatic heterocycles. The summed E-state index contributed by atoms with van der Waals surface area (Å²) in [5.74, 6) is 0.956. The summed E-state index contributed by atoms with van der Waals surface area (Å²) >= 11 is 5.97. The van der Waals surface area contributed by atoms with E-state index in [2.05, 4.69) is 4.98 Å². The van der Waals surface area contributed by atoms with E-state index in [1.165, 1.54) is 0 Å². The molecule has 0 bridgehead atoms. The molecule has 2 rings (SSSR count). The molecule has 0 spiro atoms. The summed E-state index contributed by atoms with van der Waals surface area (Å²) in [4.78, 5) is 4.25. The topological polar surface area (TPSA) is 38.0 Å². The molecule has 1 heterocycles. The van der Waals surface area contributed by atoms with Crippen LogP contribution in [0.25, 0.3) is 5.69 Å². The van der Waals surface area contributed by atoms with Gasteiger partial charge in [0.05, 0.1) is 12.3 Å². The Morgan fingerprint density at radius 3 is 2.94 bits per heavy atom. The standard InChI is InChI=1S/C12H13ClN2O/c1-2-12-14-5-6-15(12)11-7-10(13)4-3-9(11)8-16/h3-7,16H,2,8H2,1H3. The van der Waals surface area contributed by atoms with Crippen molar-refractivity contribution in [1.82, 2.24) is 9.55 Å². The van der Waals surface area contributed by atoms with Crippen LogP contribution in [0, 0.1) is 0 Å². The van der Waals surface area contributed by atoms with E-state index in [4.69, 9.17) is 11.6 Å². The molecule has 1 aromatic carbocycles. The molecule has 2 aromatic rings. The van der Waals surface area contributed by atoms with Crippen molar-refractivity contribution in [1.29, 1.82) is 0 Å². The molecule has 0 saturated carbocycles. The third kappa shape index (κ3) is 1.96. The fourth-order valence-corrected chi connectivity index (χ4v) is 1.88. The predicted molar refractivity (Wildman–Crippen MR) is 63.9 cm³/mol. The number of rotatable bonds is 3. The Balaban J connectivity index is 2.58. The van der Waals surface area contributed by atoms with Crippen LogP contribution in [-0.4, -0.2) is 14.7 Å². The molecule has 0 amide bonds. The number of imidazole rings is 1. The maximum Gasteiger partial charge on any atom is 0.112 e. The monoisotopic (exact) mass is 236 g/mol. The van der Waals surface area contributed by atoms with Crippen LogP contribution in [-0.2, 0) is 13.0 Å². The predicted octanol–water partition coefficient (Wildman–Crippen LogP) is 2.58. The van der Waals surface area contributed by atoms with Crippen molar-refractivity contribution in [3.63, 3.8) is 0 Å². The minimum absolute atomic E-state index is 0.00611. The molecule has 4 heteroatoms. The smallest absolute Gasteiger partial charge is 0.112 e. The van der Waals surface area contributed by atoms with E-state index in [0.29, 0.717) is 5.02 Å². The molecule has 84 valence electrons. The van der Waals surface area contributed by atoms with Gasteiger partial charge in [-0.25, -0.2) is 4.98 Å². The number of benzene rings is 1. The van der Waals surface area contributed by atoms with Gasteiger partial charge in [0, 0.05) is 29.4 Å². The first-order valence-corrected chi connectivity index (χ1v) is 5.56. The molecule has 0 aliphatic rings. The quantitative estimate of drug-likeness (QED) is 0.890. The fraction of sp³-hybridized carbons (Fsp3) is 0.250. The summed E-state index contributed by atoms with van der Waals surface area (Å²) < 4.78 is 1.96. The highest BCUT2D eigenvalue weighted by Crippen LogP contribution is 2.21. The summed E-state index contributed by atoms with van der Waals surface area (Å²) in [5.41, 5.74) is 1.74. The molecule has 3 nitrogen and oxygen atoms in total. The maximum absolute atomic E-state index is 9.29.